The van der Waals surface area contributed by atoms with Crippen LogP contribution in [0.15, 0.2) is 0 Å². The number of amides is 3. The van der Waals surface area contributed by atoms with Crippen molar-refractivity contribution in [2.45, 2.75) is 38.3 Å². The van der Waals surface area contributed by atoms with Gasteiger partial charge in [-0.15, -0.1) is 0 Å². The van der Waals surface area contributed by atoms with Gasteiger partial charge in [0.25, 0.3) is 0 Å². The molecule has 0 saturated heterocycles. The molecule has 0 bridgehead atoms. The minimum absolute atomic E-state index is 0.00340. The van der Waals surface area contributed by atoms with Crippen LogP contribution >= 0.6 is 0 Å². The highest BCUT2D eigenvalue weighted by Gasteiger charge is 2.18. The molecular weight excluding hydrogens is 280 g/mol. The molecule has 2 unspecified atom stereocenters. The number of aliphatic carboxylic acids is 1. The Morgan fingerprint density at radius 2 is 1.71 bits per heavy atom. The van der Waals surface area contributed by atoms with Crippen LogP contribution in [0.1, 0.15) is 26.2 Å². The number of nitrogens with two attached hydrogens (primary N) is 1. The van der Waals surface area contributed by atoms with Crippen molar-refractivity contribution in [3.8, 4) is 0 Å². The summed E-state index contributed by atoms with van der Waals surface area (Å²) in [5.74, 6) is -2.22. The third-order valence-electron chi connectivity index (χ3n) is 2.58. The first-order chi connectivity index (χ1) is 9.76. The van der Waals surface area contributed by atoms with E-state index in [0.29, 0.717) is 0 Å². The Bertz CT molecular complexity index is 399. The van der Waals surface area contributed by atoms with Gasteiger partial charge in [0.1, 0.15) is 6.04 Å². The number of carboxylic acids is 1. The first kappa shape index (κ1) is 18.8. The summed E-state index contributed by atoms with van der Waals surface area (Å²) < 4.78 is 0. The number of carboxylic acid groups (broad SMARTS) is 1. The summed E-state index contributed by atoms with van der Waals surface area (Å²) in [5, 5.41) is 15.8. The van der Waals surface area contributed by atoms with Gasteiger partial charge in [-0.25, -0.2) is 0 Å². The smallest absolute Gasteiger partial charge is 0.305 e. The fourth-order valence-corrected chi connectivity index (χ4v) is 1.42. The SMILES string of the molecule is CNC(=O)CCC(=O)NCC(N)C(=O)NC(C)CC(=O)O. The minimum Gasteiger partial charge on any atom is -0.481 e. The summed E-state index contributed by atoms with van der Waals surface area (Å²) in [6, 6.07) is -1.53. The Morgan fingerprint density at radius 1 is 1.14 bits per heavy atom. The minimum atomic E-state index is -1.03. The van der Waals surface area contributed by atoms with E-state index < -0.39 is 24.0 Å². The number of hydrogen-bond donors (Lipinski definition) is 5. The van der Waals surface area contributed by atoms with E-state index in [1.54, 1.807) is 6.92 Å². The van der Waals surface area contributed by atoms with Gasteiger partial charge in [-0.3, -0.25) is 19.2 Å². The van der Waals surface area contributed by atoms with Gasteiger partial charge in [0.2, 0.25) is 17.7 Å². The molecule has 0 aromatic rings. The Morgan fingerprint density at radius 3 is 2.24 bits per heavy atom. The zero-order valence-corrected chi connectivity index (χ0v) is 12.1. The largest absolute Gasteiger partial charge is 0.481 e. The molecule has 3 amide bonds. The molecule has 9 nitrogen and oxygen atoms in total. The van der Waals surface area contributed by atoms with E-state index in [9.17, 15) is 19.2 Å². The highest BCUT2D eigenvalue weighted by Crippen LogP contribution is 1.92. The summed E-state index contributed by atoms with van der Waals surface area (Å²) in [7, 11) is 1.47. The molecule has 0 saturated carbocycles. The highest BCUT2D eigenvalue weighted by molar-refractivity contribution is 5.85. The van der Waals surface area contributed by atoms with E-state index in [2.05, 4.69) is 16.0 Å². The monoisotopic (exact) mass is 302 g/mol. The van der Waals surface area contributed by atoms with Crippen molar-refractivity contribution in [2.75, 3.05) is 13.6 Å². The molecule has 0 fully saturated rings. The topological polar surface area (TPSA) is 151 Å². The van der Waals surface area contributed by atoms with Crippen molar-refractivity contribution in [2.24, 2.45) is 5.73 Å². The van der Waals surface area contributed by atoms with Crippen molar-refractivity contribution < 1.29 is 24.3 Å². The number of nitrogens with one attached hydrogen (secondary N) is 3. The van der Waals surface area contributed by atoms with E-state index in [-0.39, 0.29) is 37.6 Å². The van der Waals surface area contributed by atoms with Crippen LogP contribution in [0.4, 0.5) is 0 Å². The number of carbonyl (C=O) groups is 4. The summed E-state index contributed by atoms with van der Waals surface area (Å²) in [5.41, 5.74) is 5.57. The first-order valence-corrected chi connectivity index (χ1v) is 6.51. The summed E-state index contributed by atoms with van der Waals surface area (Å²) in [4.78, 5) is 44.4. The molecule has 21 heavy (non-hydrogen) atoms. The lowest BCUT2D eigenvalue weighted by molar-refractivity contribution is -0.137. The van der Waals surface area contributed by atoms with Crippen LogP contribution < -0.4 is 21.7 Å². The second-order valence-electron chi connectivity index (χ2n) is 4.59. The fourth-order valence-electron chi connectivity index (χ4n) is 1.42. The van der Waals surface area contributed by atoms with Gasteiger partial charge in [0, 0.05) is 32.5 Å². The van der Waals surface area contributed by atoms with Gasteiger partial charge in [0.15, 0.2) is 0 Å². The first-order valence-electron chi connectivity index (χ1n) is 6.51. The molecule has 0 radical (unpaired) electrons. The van der Waals surface area contributed by atoms with Gasteiger partial charge in [0.05, 0.1) is 6.42 Å². The van der Waals surface area contributed by atoms with Crippen LogP contribution in [-0.4, -0.2) is 54.5 Å². The lowest BCUT2D eigenvalue weighted by atomic mass is 10.2. The standard InChI is InChI=1S/C12H22N4O5/c1-7(5-11(19)20)16-12(21)8(13)6-15-10(18)4-3-9(17)14-2/h7-8H,3-6,13H2,1-2H3,(H,14,17)(H,15,18)(H,16,21)(H,19,20). The van der Waals surface area contributed by atoms with E-state index >= 15 is 0 Å². The van der Waals surface area contributed by atoms with Crippen LogP contribution in [0.25, 0.3) is 0 Å². The van der Waals surface area contributed by atoms with Crippen molar-refractivity contribution in [1.29, 1.82) is 0 Å². The molecule has 9 heteroatoms. The van der Waals surface area contributed by atoms with E-state index in [0.717, 1.165) is 0 Å². The van der Waals surface area contributed by atoms with Crippen LogP contribution in [0.5, 0.6) is 0 Å². The molecule has 0 aromatic heterocycles. The molecular formula is C12H22N4O5. The molecule has 2 atom stereocenters. The quantitative estimate of drug-likeness (QED) is 0.330. The third kappa shape index (κ3) is 9.38. The van der Waals surface area contributed by atoms with E-state index in [1.807, 2.05) is 0 Å². The normalized spacial score (nSPS) is 12.9. The van der Waals surface area contributed by atoms with E-state index in [1.165, 1.54) is 7.05 Å². The van der Waals surface area contributed by atoms with Crippen molar-refractivity contribution in [3.63, 3.8) is 0 Å². The Labute approximate surface area is 122 Å². The molecule has 0 heterocycles. The second-order valence-corrected chi connectivity index (χ2v) is 4.59. The number of rotatable bonds is 9. The van der Waals surface area contributed by atoms with E-state index in [4.69, 9.17) is 10.8 Å². The second kappa shape index (κ2) is 9.70. The van der Waals surface area contributed by atoms with Gasteiger partial charge < -0.3 is 26.8 Å². The van der Waals surface area contributed by atoms with Crippen LogP contribution in [0.3, 0.4) is 0 Å². The third-order valence-corrected chi connectivity index (χ3v) is 2.58. The molecule has 0 aromatic carbocycles. The Kier molecular flexibility index (Phi) is 8.70. The average Bonchev–Trinajstić information content (AvgIpc) is 2.40. The molecule has 0 rings (SSSR count). The molecule has 0 aliphatic carbocycles. The van der Waals surface area contributed by atoms with Crippen LogP contribution in [0, 0.1) is 0 Å². The zero-order chi connectivity index (χ0) is 16.4. The zero-order valence-electron chi connectivity index (χ0n) is 12.1. The predicted octanol–water partition coefficient (Wildman–Crippen LogP) is -2.06. The summed E-state index contributed by atoms with van der Waals surface area (Å²) in [6.45, 7) is 1.46. The molecule has 6 N–H and O–H groups in total. The van der Waals surface area contributed by atoms with Crippen LogP contribution in [0.2, 0.25) is 0 Å². The molecule has 0 aliphatic rings. The lowest BCUT2D eigenvalue weighted by Crippen LogP contribution is -2.50. The van der Waals surface area contributed by atoms with Gasteiger partial charge in [-0.1, -0.05) is 0 Å². The maximum atomic E-state index is 11.6. The highest BCUT2D eigenvalue weighted by atomic mass is 16.4. The van der Waals surface area contributed by atoms with Crippen molar-refractivity contribution in [3.05, 3.63) is 0 Å². The average molecular weight is 302 g/mol. The van der Waals surface area contributed by atoms with Crippen LogP contribution in [-0.2, 0) is 19.2 Å². The van der Waals surface area contributed by atoms with Crippen molar-refractivity contribution in [1.82, 2.24) is 16.0 Å². The molecule has 120 valence electrons. The summed E-state index contributed by atoms with van der Waals surface area (Å²) in [6.07, 6.45) is -0.153. The summed E-state index contributed by atoms with van der Waals surface area (Å²) >= 11 is 0. The fraction of sp³-hybridized carbons (Fsp3) is 0.667. The van der Waals surface area contributed by atoms with Gasteiger partial charge in [-0.05, 0) is 6.92 Å². The Balaban J connectivity index is 3.99. The molecule has 0 aliphatic heterocycles. The Hall–Kier alpha value is -2.16. The predicted molar refractivity (Wildman–Crippen MR) is 74.1 cm³/mol. The van der Waals surface area contributed by atoms with Gasteiger partial charge >= 0.3 is 5.97 Å². The number of hydrogen-bond acceptors (Lipinski definition) is 5. The van der Waals surface area contributed by atoms with Gasteiger partial charge in [-0.2, -0.15) is 0 Å². The molecule has 0 spiro atoms. The maximum absolute atomic E-state index is 11.6. The van der Waals surface area contributed by atoms with Crippen molar-refractivity contribution >= 4 is 23.7 Å². The maximum Gasteiger partial charge on any atom is 0.305 e. The number of carbonyl (C=O) groups excluding carboxylic acids is 3. The lowest BCUT2D eigenvalue weighted by Gasteiger charge is -2.16.